The first-order valence-corrected chi connectivity index (χ1v) is 10.3. The van der Waals surface area contributed by atoms with E-state index in [0.29, 0.717) is 11.7 Å². The van der Waals surface area contributed by atoms with Crippen LogP contribution in [0.15, 0.2) is 64.4 Å². The van der Waals surface area contributed by atoms with Crippen LogP contribution in [0.2, 0.25) is 0 Å². The minimum Gasteiger partial charge on any atom is -0.467 e. The monoisotopic (exact) mass is 406 g/mol. The summed E-state index contributed by atoms with van der Waals surface area (Å²) in [6, 6.07) is 15.7. The molecular weight excluding hydrogens is 384 g/mol. The van der Waals surface area contributed by atoms with Gasteiger partial charge in [-0.3, -0.25) is 4.79 Å². The fraction of sp³-hybridized carbons (Fsp3) is 0.227. The van der Waals surface area contributed by atoms with E-state index >= 15 is 0 Å². The van der Waals surface area contributed by atoms with Crippen LogP contribution in [-0.2, 0) is 11.3 Å². The van der Waals surface area contributed by atoms with Gasteiger partial charge in [0, 0.05) is 5.56 Å². The van der Waals surface area contributed by atoms with Crippen LogP contribution in [0.25, 0.3) is 16.8 Å². The van der Waals surface area contributed by atoms with Gasteiger partial charge in [0.25, 0.3) is 0 Å². The summed E-state index contributed by atoms with van der Waals surface area (Å²) in [4.78, 5) is 17.4. The van der Waals surface area contributed by atoms with Gasteiger partial charge in [0.2, 0.25) is 5.91 Å². The Balaban J connectivity index is 1.64. The third kappa shape index (κ3) is 4.05. The van der Waals surface area contributed by atoms with E-state index < -0.39 is 0 Å². The molecule has 1 aromatic carbocycles. The lowest BCUT2D eigenvalue weighted by Crippen LogP contribution is -2.30. The van der Waals surface area contributed by atoms with E-state index in [4.69, 9.17) is 9.40 Å². The summed E-state index contributed by atoms with van der Waals surface area (Å²) in [6.07, 6.45) is 1.60. The van der Waals surface area contributed by atoms with Gasteiger partial charge < -0.3 is 9.73 Å². The molecule has 0 aliphatic carbocycles. The lowest BCUT2D eigenvalue weighted by molar-refractivity contribution is -0.120. The number of imidazole rings is 1. The minimum atomic E-state index is -0.332. The quantitative estimate of drug-likeness (QED) is 0.481. The average molecular weight is 407 g/mol. The van der Waals surface area contributed by atoms with Gasteiger partial charge in [0.15, 0.2) is 5.16 Å². The highest BCUT2D eigenvalue weighted by Crippen LogP contribution is 2.32. The number of carbonyl (C=O) groups is 1. The maximum absolute atomic E-state index is 12.6. The summed E-state index contributed by atoms with van der Waals surface area (Å²) in [5.41, 5.74) is 4.88. The van der Waals surface area contributed by atoms with Crippen LogP contribution in [-0.4, -0.2) is 25.8 Å². The largest absolute Gasteiger partial charge is 0.467 e. The predicted molar refractivity (Wildman–Crippen MR) is 114 cm³/mol. The van der Waals surface area contributed by atoms with Gasteiger partial charge in [0.05, 0.1) is 35.0 Å². The number of aromatic nitrogens is 3. The Morgan fingerprint density at radius 2 is 2.00 bits per heavy atom. The molecule has 1 amide bonds. The van der Waals surface area contributed by atoms with E-state index in [2.05, 4.69) is 23.4 Å². The van der Waals surface area contributed by atoms with Crippen LogP contribution in [0, 0.1) is 13.8 Å². The van der Waals surface area contributed by atoms with Crippen molar-refractivity contribution in [1.82, 2.24) is 19.9 Å². The summed E-state index contributed by atoms with van der Waals surface area (Å²) < 4.78 is 7.13. The SMILES string of the molecule is Cc1cc(C)c2c(-c3ccccc3)nc(SC(C)C(=O)NCc3ccco3)n2n1. The summed E-state index contributed by atoms with van der Waals surface area (Å²) in [5, 5.41) is 7.94. The summed E-state index contributed by atoms with van der Waals surface area (Å²) in [7, 11) is 0. The Hall–Kier alpha value is -3.06. The van der Waals surface area contributed by atoms with Crippen LogP contribution in [0.1, 0.15) is 23.9 Å². The zero-order chi connectivity index (χ0) is 20.4. The number of hydrogen-bond donors (Lipinski definition) is 1. The summed E-state index contributed by atoms with van der Waals surface area (Å²) >= 11 is 1.40. The molecule has 4 rings (SSSR count). The van der Waals surface area contributed by atoms with Gasteiger partial charge >= 0.3 is 0 Å². The fourth-order valence-corrected chi connectivity index (χ4v) is 4.11. The van der Waals surface area contributed by atoms with Crippen LogP contribution >= 0.6 is 11.8 Å². The smallest absolute Gasteiger partial charge is 0.233 e. The molecule has 0 spiro atoms. The second-order valence-electron chi connectivity index (χ2n) is 6.90. The number of amides is 1. The standard InChI is InChI=1S/C22H22N4O2S/c1-14-12-15(2)25-26-20(14)19(17-8-5-4-6-9-17)24-22(26)29-16(3)21(27)23-13-18-10-7-11-28-18/h4-12,16H,13H2,1-3H3,(H,23,27). The Labute approximate surface area is 173 Å². The molecule has 7 heteroatoms. The van der Waals surface area contributed by atoms with E-state index in [-0.39, 0.29) is 11.2 Å². The number of benzene rings is 1. The third-order valence-corrected chi connectivity index (χ3v) is 5.64. The van der Waals surface area contributed by atoms with Gasteiger partial charge in [-0.1, -0.05) is 42.1 Å². The van der Waals surface area contributed by atoms with Crippen LogP contribution in [0.4, 0.5) is 0 Å². The number of furan rings is 1. The van der Waals surface area contributed by atoms with Gasteiger partial charge in [-0.2, -0.15) is 5.10 Å². The van der Waals surface area contributed by atoms with Crippen molar-refractivity contribution in [3.8, 4) is 11.3 Å². The molecule has 0 saturated heterocycles. The molecule has 29 heavy (non-hydrogen) atoms. The number of thioether (sulfide) groups is 1. The number of nitrogens with one attached hydrogen (secondary N) is 1. The molecule has 1 unspecified atom stereocenters. The first-order chi connectivity index (χ1) is 14.0. The Kier molecular flexibility index (Phi) is 5.40. The zero-order valence-electron chi connectivity index (χ0n) is 16.5. The molecule has 1 N–H and O–H groups in total. The molecule has 0 bridgehead atoms. The van der Waals surface area contributed by atoms with Crippen molar-refractivity contribution >= 4 is 23.2 Å². The van der Waals surface area contributed by atoms with E-state index in [1.54, 1.807) is 12.3 Å². The fourth-order valence-electron chi connectivity index (χ4n) is 3.22. The van der Waals surface area contributed by atoms with Gasteiger partial charge in [-0.05, 0) is 44.5 Å². The van der Waals surface area contributed by atoms with Crippen molar-refractivity contribution in [1.29, 1.82) is 0 Å². The number of carbonyl (C=O) groups excluding carboxylic acids is 1. The topological polar surface area (TPSA) is 72.4 Å². The van der Waals surface area contributed by atoms with Crippen molar-refractivity contribution in [3.63, 3.8) is 0 Å². The zero-order valence-corrected chi connectivity index (χ0v) is 17.4. The Morgan fingerprint density at radius 3 is 2.72 bits per heavy atom. The Morgan fingerprint density at radius 1 is 1.21 bits per heavy atom. The maximum atomic E-state index is 12.6. The first kappa shape index (κ1) is 19.3. The molecule has 3 heterocycles. The highest BCUT2D eigenvalue weighted by molar-refractivity contribution is 8.00. The summed E-state index contributed by atoms with van der Waals surface area (Å²) in [5.74, 6) is 0.648. The highest BCUT2D eigenvalue weighted by Gasteiger charge is 2.22. The molecule has 0 radical (unpaired) electrons. The van der Waals surface area contributed by atoms with Crippen molar-refractivity contribution in [3.05, 3.63) is 71.8 Å². The van der Waals surface area contributed by atoms with Crippen LogP contribution in [0.3, 0.4) is 0 Å². The number of nitrogens with zero attached hydrogens (tertiary/aromatic N) is 3. The normalized spacial score (nSPS) is 12.2. The Bertz CT molecular complexity index is 1140. The van der Waals surface area contributed by atoms with Crippen molar-refractivity contribution in [2.75, 3.05) is 0 Å². The van der Waals surface area contributed by atoms with E-state index in [1.807, 2.05) is 54.8 Å². The minimum absolute atomic E-state index is 0.0752. The molecular formula is C22H22N4O2S. The second-order valence-corrected chi connectivity index (χ2v) is 8.20. The number of aryl methyl sites for hydroxylation is 2. The van der Waals surface area contributed by atoms with E-state index in [9.17, 15) is 4.79 Å². The molecule has 4 aromatic rings. The number of hydrogen-bond acceptors (Lipinski definition) is 5. The lowest BCUT2D eigenvalue weighted by atomic mass is 10.1. The van der Waals surface area contributed by atoms with Crippen molar-refractivity contribution < 1.29 is 9.21 Å². The third-order valence-electron chi connectivity index (χ3n) is 4.60. The number of rotatable bonds is 6. The van der Waals surface area contributed by atoms with E-state index in [1.165, 1.54) is 11.8 Å². The van der Waals surface area contributed by atoms with E-state index in [0.717, 1.165) is 33.8 Å². The predicted octanol–water partition coefficient (Wildman–Crippen LogP) is 4.40. The second kappa shape index (κ2) is 8.13. The molecule has 0 aliphatic heterocycles. The van der Waals surface area contributed by atoms with Crippen molar-refractivity contribution in [2.45, 2.75) is 37.7 Å². The molecule has 0 fully saturated rings. The van der Waals surface area contributed by atoms with Crippen LogP contribution < -0.4 is 5.32 Å². The molecule has 0 saturated carbocycles. The first-order valence-electron chi connectivity index (χ1n) is 9.42. The molecule has 0 aliphatic rings. The highest BCUT2D eigenvalue weighted by atomic mass is 32.2. The average Bonchev–Trinajstić information content (AvgIpc) is 3.35. The van der Waals surface area contributed by atoms with Crippen LogP contribution in [0.5, 0.6) is 0 Å². The lowest BCUT2D eigenvalue weighted by Gasteiger charge is -2.10. The molecule has 1 atom stereocenters. The molecule has 148 valence electrons. The van der Waals surface area contributed by atoms with Gasteiger partial charge in [-0.15, -0.1) is 0 Å². The molecule has 6 nitrogen and oxygen atoms in total. The van der Waals surface area contributed by atoms with Gasteiger partial charge in [0.1, 0.15) is 5.76 Å². The maximum Gasteiger partial charge on any atom is 0.233 e. The molecule has 3 aromatic heterocycles. The summed E-state index contributed by atoms with van der Waals surface area (Å²) in [6.45, 7) is 6.26. The van der Waals surface area contributed by atoms with Crippen molar-refractivity contribution in [2.24, 2.45) is 0 Å². The number of fused-ring (bicyclic) bond motifs is 1. The van der Waals surface area contributed by atoms with Gasteiger partial charge in [-0.25, -0.2) is 9.50 Å².